The largest absolute Gasteiger partial charge is 0.379 e. The Bertz CT molecular complexity index is 420. The first-order chi connectivity index (χ1) is 9.33. The number of benzene rings is 1. The van der Waals surface area contributed by atoms with Gasteiger partial charge in [-0.3, -0.25) is 4.90 Å². The van der Waals surface area contributed by atoms with Crippen LogP contribution in [0.1, 0.15) is 18.5 Å². The number of hydrogen-bond acceptors (Lipinski definition) is 4. The highest BCUT2D eigenvalue weighted by Crippen LogP contribution is 2.37. The number of nitrogens with one attached hydrogen (secondary N) is 1. The van der Waals surface area contributed by atoms with E-state index < -0.39 is 0 Å². The topological polar surface area (TPSA) is 24.5 Å². The number of ether oxygens (including phenoxy) is 1. The van der Waals surface area contributed by atoms with Crippen molar-refractivity contribution in [2.75, 3.05) is 38.6 Å². The summed E-state index contributed by atoms with van der Waals surface area (Å²) < 4.78 is 5.40. The van der Waals surface area contributed by atoms with Gasteiger partial charge in [0.05, 0.1) is 13.2 Å². The molecule has 0 amide bonds. The van der Waals surface area contributed by atoms with Crippen molar-refractivity contribution in [1.29, 1.82) is 0 Å². The Morgan fingerprint density at radius 2 is 2.16 bits per heavy atom. The van der Waals surface area contributed by atoms with Crippen molar-refractivity contribution in [2.45, 2.75) is 23.9 Å². The van der Waals surface area contributed by atoms with E-state index in [-0.39, 0.29) is 0 Å². The van der Waals surface area contributed by atoms with Crippen LogP contribution < -0.4 is 5.32 Å². The van der Waals surface area contributed by atoms with Crippen molar-refractivity contribution < 1.29 is 4.74 Å². The third-order valence-corrected chi connectivity index (χ3v) is 5.00. The lowest BCUT2D eigenvalue weighted by Crippen LogP contribution is -2.45. The van der Waals surface area contributed by atoms with E-state index in [0.717, 1.165) is 38.6 Å². The fourth-order valence-electron chi connectivity index (χ4n) is 2.87. The summed E-state index contributed by atoms with van der Waals surface area (Å²) in [6.45, 7) is 7.32. The minimum atomic E-state index is 0.511. The minimum Gasteiger partial charge on any atom is -0.379 e. The molecule has 0 aliphatic carbocycles. The Morgan fingerprint density at radius 1 is 1.37 bits per heavy atom. The van der Waals surface area contributed by atoms with Gasteiger partial charge in [0.1, 0.15) is 0 Å². The molecule has 0 radical (unpaired) electrons. The predicted molar refractivity (Wildman–Crippen MR) is 79.8 cm³/mol. The van der Waals surface area contributed by atoms with E-state index in [1.807, 2.05) is 11.8 Å². The van der Waals surface area contributed by atoms with Gasteiger partial charge in [-0.15, -0.1) is 11.8 Å². The maximum Gasteiger partial charge on any atom is 0.0594 e. The van der Waals surface area contributed by atoms with E-state index in [2.05, 4.69) is 41.4 Å². The number of hydrogen-bond donors (Lipinski definition) is 1. The highest BCUT2D eigenvalue weighted by Gasteiger charge is 2.24. The van der Waals surface area contributed by atoms with Crippen molar-refractivity contribution in [1.82, 2.24) is 10.2 Å². The quantitative estimate of drug-likeness (QED) is 0.912. The molecule has 4 heteroatoms. The minimum absolute atomic E-state index is 0.511. The molecule has 2 aliphatic heterocycles. The molecule has 2 heterocycles. The normalized spacial score (nSPS) is 25.2. The van der Waals surface area contributed by atoms with Gasteiger partial charge in [-0.25, -0.2) is 0 Å². The average Bonchev–Trinajstić information content (AvgIpc) is 2.83. The van der Waals surface area contributed by atoms with Crippen molar-refractivity contribution in [3.63, 3.8) is 0 Å². The van der Waals surface area contributed by atoms with Gasteiger partial charge < -0.3 is 10.1 Å². The van der Waals surface area contributed by atoms with E-state index in [4.69, 9.17) is 4.74 Å². The van der Waals surface area contributed by atoms with Crippen LogP contribution in [0.5, 0.6) is 0 Å². The van der Waals surface area contributed by atoms with Gasteiger partial charge in [-0.1, -0.05) is 18.2 Å². The molecule has 3 rings (SSSR count). The molecule has 2 atom stereocenters. The molecule has 1 saturated heterocycles. The average molecular weight is 278 g/mol. The van der Waals surface area contributed by atoms with E-state index in [1.54, 1.807) is 0 Å². The molecule has 0 spiro atoms. The number of fused-ring (bicyclic) bond motifs is 1. The molecular formula is C15H22N2OS. The highest BCUT2D eigenvalue weighted by atomic mass is 32.2. The molecule has 0 saturated carbocycles. The van der Waals surface area contributed by atoms with Crippen LogP contribution in [0.15, 0.2) is 29.2 Å². The van der Waals surface area contributed by atoms with Crippen molar-refractivity contribution in [2.24, 2.45) is 0 Å². The van der Waals surface area contributed by atoms with E-state index in [0.29, 0.717) is 12.1 Å². The van der Waals surface area contributed by atoms with E-state index >= 15 is 0 Å². The summed E-state index contributed by atoms with van der Waals surface area (Å²) in [5.74, 6) is 1.16. The number of morpholine rings is 1. The second-order valence-electron chi connectivity index (χ2n) is 5.38. The summed E-state index contributed by atoms with van der Waals surface area (Å²) in [7, 11) is 0. The number of thioether (sulfide) groups is 1. The molecule has 1 aromatic rings. The predicted octanol–water partition coefficient (Wildman–Crippen LogP) is 2.14. The Labute approximate surface area is 119 Å². The molecule has 1 N–H and O–H groups in total. The maximum atomic E-state index is 5.40. The summed E-state index contributed by atoms with van der Waals surface area (Å²) in [6, 6.07) is 9.80. The lowest BCUT2D eigenvalue weighted by Gasteiger charge is -2.30. The third-order valence-electron chi connectivity index (χ3n) is 3.82. The van der Waals surface area contributed by atoms with Crippen LogP contribution in [0.3, 0.4) is 0 Å². The number of rotatable bonds is 4. The molecule has 0 aromatic heterocycles. The molecule has 3 nitrogen and oxygen atoms in total. The Kier molecular flexibility index (Phi) is 4.43. The summed E-state index contributed by atoms with van der Waals surface area (Å²) in [4.78, 5) is 3.94. The molecule has 2 unspecified atom stereocenters. The molecular weight excluding hydrogens is 256 g/mol. The van der Waals surface area contributed by atoms with Crippen LogP contribution in [0, 0.1) is 0 Å². The summed E-state index contributed by atoms with van der Waals surface area (Å²) in [5.41, 5.74) is 1.47. The molecule has 104 valence electrons. The van der Waals surface area contributed by atoms with Crippen LogP contribution in [-0.4, -0.2) is 49.5 Å². The standard InChI is InChI=1S/C15H22N2OS/c1-12(10-17-6-8-18-9-7-17)16-14-11-19-15-5-3-2-4-13(14)15/h2-5,12,14,16H,6-11H2,1H3. The van der Waals surface area contributed by atoms with Gasteiger partial charge >= 0.3 is 0 Å². The van der Waals surface area contributed by atoms with Gasteiger partial charge in [0.25, 0.3) is 0 Å². The van der Waals surface area contributed by atoms with Crippen LogP contribution in [-0.2, 0) is 4.74 Å². The highest BCUT2D eigenvalue weighted by molar-refractivity contribution is 7.99. The fourth-order valence-corrected chi connectivity index (χ4v) is 4.04. The van der Waals surface area contributed by atoms with Crippen LogP contribution in [0.4, 0.5) is 0 Å². The number of nitrogens with zero attached hydrogens (tertiary/aromatic N) is 1. The zero-order valence-electron chi connectivity index (χ0n) is 11.5. The van der Waals surface area contributed by atoms with Gasteiger partial charge in [-0.2, -0.15) is 0 Å². The van der Waals surface area contributed by atoms with Crippen LogP contribution >= 0.6 is 11.8 Å². The Hall–Kier alpha value is -0.550. The van der Waals surface area contributed by atoms with Crippen molar-refractivity contribution in [3.8, 4) is 0 Å². The molecule has 1 aromatic carbocycles. The molecule has 2 aliphatic rings. The summed E-state index contributed by atoms with van der Waals surface area (Å²) in [6.07, 6.45) is 0. The monoisotopic (exact) mass is 278 g/mol. The molecule has 1 fully saturated rings. The first-order valence-corrected chi connectivity index (χ1v) is 8.09. The zero-order valence-corrected chi connectivity index (χ0v) is 12.3. The van der Waals surface area contributed by atoms with Gasteiger partial charge in [0, 0.05) is 42.4 Å². The van der Waals surface area contributed by atoms with Crippen LogP contribution in [0.25, 0.3) is 0 Å². The second kappa shape index (κ2) is 6.27. The fraction of sp³-hybridized carbons (Fsp3) is 0.600. The maximum absolute atomic E-state index is 5.40. The van der Waals surface area contributed by atoms with Crippen LogP contribution in [0.2, 0.25) is 0 Å². The lowest BCUT2D eigenvalue weighted by atomic mass is 10.1. The lowest BCUT2D eigenvalue weighted by molar-refractivity contribution is 0.0340. The molecule has 0 bridgehead atoms. The van der Waals surface area contributed by atoms with Gasteiger partial charge in [-0.05, 0) is 18.6 Å². The first kappa shape index (κ1) is 13.4. The zero-order chi connectivity index (χ0) is 13.1. The van der Waals surface area contributed by atoms with Crippen molar-refractivity contribution in [3.05, 3.63) is 29.8 Å². The second-order valence-corrected chi connectivity index (χ2v) is 6.44. The van der Waals surface area contributed by atoms with Crippen molar-refractivity contribution >= 4 is 11.8 Å². The van der Waals surface area contributed by atoms with E-state index in [9.17, 15) is 0 Å². The first-order valence-electron chi connectivity index (χ1n) is 7.11. The summed E-state index contributed by atoms with van der Waals surface area (Å²) >= 11 is 1.97. The van der Waals surface area contributed by atoms with E-state index in [1.165, 1.54) is 10.5 Å². The molecule has 19 heavy (non-hydrogen) atoms. The summed E-state index contributed by atoms with van der Waals surface area (Å²) in [5, 5.41) is 3.78. The van der Waals surface area contributed by atoms with Gasteiger partial charge in [0.15, 0.2) is 0 Å². The SMILES string of the molecule is CC(CN1CCOCC1)NC1CSc2ccccc21. The smallest absolute Gasteiger partial charge is 0.0594 e. The third kappa shape index (κ3) is 3.31. The Balaban J connectivity index is 1.54. The Morgan fingerprint density at radius 3 is 3.00 bits per heavy atom. The van der Waals surface area contributed by atoms with Gasteiger partial charge in [0.2, 0.25) is 0 Å².